The topological polar surface area (TPSA) is 78.9 Å². The van der Waals surface area contributed by atoms with Gasteiger partial charge in [0.15, 0.2) is 0 Å². The van der Waals surface area contributed by atoms with Gasteiger partial charge in [-0.05, 0) is 11.6 Å². The van der Waals surface area contributed by atoms with Gasteiger partial charge in [0.25, 0.3) is 0 Å². The maximum Gasteiger partial charge on any atom is 0.313 e. The number of carboxylic acids is 1. The molecule has 6 heteroatoms. The number of carboxylic acid groups (broad SMARTS) is 1. The predicted molar refractivity (Wildman–Crippen MR) is 77.1 cm³/mol. The lowest BCUT2D eigenvalue weighted by Gasteiger charge is -2.02. The van der Waals surface area contributed by atoms with E-state index in [0.717, 1.165) is 23.0 Å². The highest BCUT2D eigenvalue weighted by atomic mass is 32.2. The van der Waals surface area contributed by atoms with E-state index in [-0.39, 0.29) is 5.75 Å². The Morgan fingerprint density at radius 1 is 1.50 bits per heavy atom. The van der Waals surface area contributed by atoms with Crippen molar-refractivity contribution < 1.29 is 9.90 Å². The molecule has 20 heavy (non-hydrogen) atoms. The summed E-state index contributed by atoms with van der Waals surface area (Å²) < 4.78 is 1.70. The van der Waals surface area contributed by atoms with Crippen LogP contribution in [0.2, 0.25) is 0 Å². The first kappa shape index (κ1) is 14.2. The van der Waals surface area contributed by atoms with Gasteiger partial charge in [-0.15, -0.1) is 11.8 Å². The van der Waals surface area contributed by atoms with Gasteiger partial charge in [0.2, 0.25) is 0 Å². The summed E-state index contributed by atoms with van der Waals surface area (Å²) in [6, 6.07) is 13.6. The number of nitrogens with zero attached hydrogens (tertiary/aromatic N) is 3. The fourth-order valence-electron chi connectivity index (χ4n) is 1.84. The van der Waals surface area contributed by atoms with Gasteiger partial charge in [-0.25, -0.2) is 0 Å². The van der Waals surface area contributed by atoms with Crippen LogP contribution in [0.1, 0.15) is 10.9 Å². The fourth-order valence-corrected chi connectivity index (χ4v) is 2.51. The molecule has 1 unspecified atom stereocenters. The molecule has 1 aromatic heterocycles. The van der Waals surface area contributed by atoms with E-state index in [1.54, 1.807) is 4.68 Å². The first-order chi connectivity index (χ1) is 9.61. The lowest BCUT2D eigenvalue weighted by molar-refractivity contribution is -0.133. The maximum absolute atomic E-state index is 10.6. The largest absolute Gasteiger partial charge is 0.481 e. The van der Waals surface area contributed by atoms with Crippen LogP contribution in [0.3, 0.4) is 0 Å². The second kappa shape index (κ2) is 6.26. The lowest BCUT2D eigenvalue weighted by Crippen LogP contribution is -2.02. The minimum Gasteiger partial charge on any atom is -0.481 e. The summed E-state index contributed by atoms with van der Waals surface area (Å²) in [5.41, 5.74) is 2.49. The first-order valence-corrected chi connectivity index (χ1v) is 6.99. The summed E-state index contributed by atoms with van der Waals surface area (Å²) in [7, 11) is 1.81. The number of benzene rings is 1. The molecule has 1 atom stereocenters. The number of hydrogen-bond acceptors (Lipinski definition) is 4. The van der Waals surface area contributed by atoms with E-state index >= 15 is 0 Å². The number of rotatable bonds is 5. The number of nitriles is 1. The van der Waals surface area contributed by atoms with E-state index in [0.29, 0.717) is 5.69 Å². The fraction of sp³-hybridized carbons (Fsp3) is 0.214. The van der Waals surface area contributed by atoms with Crippen molar-refractivity contribution in [3.63, 3.8) is 0 Å². The molecule has 1 heterocycles. The second-order valence-corrected chi connectivity index (χ2v) is 5.25. The average molecular weight is 287 g/mol. The molecule has 0 aliphatic rings. The molecule has 1 N–H and O–H groups in total. The molecule has 0 fully saturated rings. The van der Waals surface area contributed by atoms with Gasteiger partial charge < -0.3 is 5.11 Å². The van der Waals surface area contributed by atoms with Crippen LogP contribution >= 0.6 is 11.8 Å². The molecule has 0 saturated carbocycles. The summed E-state index contributed by atoms with van der Waals surface area (Å²) in [4.78, 5) is 10.6. The third-order valence-electron chi connectivity index (χ3n) is 2.73. The monoisotopic (exact) mass is 287 g/mol. The third kappa shape index (κ3) is 3.19. The van der Waals surface area contributed by atoms with Crippen LogP contribution < -0.4 is 0 Å². The van der Waals surface area contributed by atoms with E-state index in [4.69, 9.17) is 10.4 Å². The van der Waals surface area contributed by atoms with Crippen molar-refractivity contribution in [2.75, 3.05) is 5.75 Å². The zero-order chi connectivity index (χ0) is 14.5. The molecular formula is C14H13N3O2S. The Kier molecular flexibility index (Phi) is 4.43. The Labute approximate surface area is 120 Å². The quantitative estimate of drug-likeness (QED) is 0.914. The van der Waals surface area contributed by atoms with Crippen molar-refractivity contribution in [2.24, 2.45) is 7.05 Å². The highest BCUT2D eigenvalue weighted by molar-refractivity contribution is 8.00. The molecule has 0 bridgehead atoms. The zero-order valence-electron chi connectivity index (χ0n) is 10.9. The number of hydrogen-bond donors (Lipinski definition) is 1. The molecule has 0 radical (unpaired) electrons. The van der Waals surface area contributed by atoms with E-state index in [2.05, 4.69) is 11.2 Å². The van der Waals surface area contributed by atoms with Crippen LogP contribution in [0, 0.1) is 11.3 Å². The Morgan fingerprint density at radius 3 is 2.80 bits per heavy atom. The summed E-state index contributed by atoms with van der Waals surface area (Å²) >= 11 is 1.06. The van der Waals surface area contributed by atoms with E-state index in [1.807, 2.05) is 43.4 Å². The van der Waals surface area contributed by atoms with Gasteiger partial charge in [0, 0.05) is 7.05 Å². The molecule has 1 aromatic carbocycles. The summed E-state index contributed by atoms with van der Waals surface area (Å²) in [6.07, 6.45) is 0. The molecule has 5 nitrogen and oxygen atoms in total. The Bertz CT molecular complexity index is 646. The lowest BCUT2D eigenvalue weighted by atomic mass is 10.1. The van der Waals surface area contributed by atoms with E-state index in [9.17, 15) is 4.79 Å². The third-order valence-corrected chi connectivity index (χ3v) is 3.82. The molecular weight excluding hydrogens is 274 g/mol. The van der Waals surface area contributed by atoms with Crippen LogP contribution in [-0.4, -0.2) is 26.6 Å². The summed E-state index contributed by atoms with van der Waals surface area (Å²) in [5.74, 6) is -1.05. The number of thioether (sulfide) groups is 1. The Hall–Kier alpha value is -2.26. The Morgan fingerprint density at radius 2 is 2.20 bits per heavy atom. The van der Waals surface area contributed by atoms with Crippen molar-refractivity contribution in [3.05, 3.63) is 42.1 Å². The maximum atomic E-state index is 10.6. The minimum absolute atomic E-state index is 0.116. The molecule has 0 spiro atoms. The van der Waals surface area contributed by atoms with Crippen molar-refractivity contribution in [1.29, 1.82) is 5.26 Å². The van der Waals surface area contributed by atoms with Crippen LogP contribution in [0.25, 0.3) is 11.3 Å². The number of aryl methyl sites for hydroxylation is 1. The van der Waals surface area contributed by atoms with Crippen LogP contribution in [0.4, 0.5) is 0 Å². The molecule has 102 valence electrons. The van der Waals surface area contributed by atoms with Crippen molar-refractivity contribution >= 4 is 17.7 Å². The smallest absolute Gasteiger partial charge is 0.313 e. The molecule has 2 rings (SSSR count). The van der Waals surface area contributed by atoms with Gasteiger partial charge >= 0.3 is 5.97 Å². The van der Waals surface area contributed by atoms with Crippen LogP contribution in [-0.2, 0) is 11.8 Å². The van der Waals surface area contributed by atoms with Gasteiger partial charge in [0.1, 0.15) is 5.25 Å². The number of aromatic nitrogens is 2. The molecule has 0 amide bonds. The van der Waals surface area contributed by atoms with Crippen molar-refractivity contribution in [1.82, 2.24) is 9.78 Å². The van der Waals surface area contributed by atoms with E-state index in [1.165, 1.54) is 0 Å². The zero-order valence-corrected chi connectivity index (χ0v) is 11.7. The van der Waals surface area contributed by atoms with E-state index < -0.39 is 11.2 Å². The molecule has 0 aliphatic carbocycles. The van der Waals surface area contributed by atoms with Crippen LogP contribution in [0.5, 0.6) is 0 Å². The predicted octanol–water partition coefficient (Wildman–Crippen LogP) is 2.47. The van der Waals surface area contributed by atoms with Gasteiger partial charge in [-0.1, -0.05) is 30.3 Å². The van der Waals surface area contributed by atoms with Crippen molar-refractivity contribution in [3.8, 4) is 17.3 Å². The molecule has 0 saturated heterocycles. The summed E-state index contributed by atoms with van der Waals surface area (Å²) in [6.45, 7) is 0. The van der Waals surface area contributed by atoms with Crippen molar-refractivity contribution in [2.45, 2.75) is 5.25 Å². The molecule has 2 aromatic rings. The normalized spacial score (nSPS) is 11.8. The highest BCUT2D eigenvalue weighted by Crippen LogP contribution is 2.30. The van der Waals surface area contributed by atoms with Gasteiger partial charge in [0.05, 0.1) is 23.2 Å². The minimum atomic E-state index is -0.936. The van der Waals surface area contributed by atoms with Crippen LogP contribution in [0.15, 0.2) is 36.4 Å². The average Bonchev–Trinajstić information content (AvgIpc) is 2.82. The number of carbonyl (C=O) groups is 1. The SMILES string of the molecule is Cn1nc(C(C#N)SCC(=O)O)cc1-c1ccccc1. The van der Waals surface area contributed by atoms with Gasteiger partial charge in [-0.2, -0.15) is 10.4 Å². The second-order valence-electron chi connectivity index (χ2n) is 4.16. The summed E-state index contributed by atoms with van der Waals surface area (Å²) in [5, 5.41) is 21.6. The Balaban J connectivity index is 2.26. The van der Waals surface area contributed by atoms with Gasteiger partial charge in [-0.3, -0.25) is 9.48 Å². The standard InChI is InChI=1S/C14H13N3O2S/c1-17-12(10-5-3-2-4-6-10)7-11(16-17)13(8-15)20-9-14(18)19/h2-7,13H,9H2,1H3,(H,18,19). The number of aliphatic carboxylic acids is 1. The highest BCUT2D eigenvalue weighted by Gasteiger charge is 2.18. The molecule has 0 aliphatic heterocycles. The first-order valence-electron chi connectivity index (χ1n) is 5.94.